The van der Waals surface area contributed by atoms with Gasteiger partial charge in [0.05, 0.1) is 0 Å². The van der Waals surface area contributed by atoms with Gasteiger partial charge in [-0.1, -0.05) is 26.0 Å². The second kappa shape index (κ2) is 5.07. The van der Waals surface area contributed by atoms with Gasteiger partial charge in [0.25, 0.3) is 0 Å². The Hall–Kier alpha value is -1.06. The lowest BCUT2D eigenvalue weighted by Crippen LogP contribution is -2.33. The van der Waals surface area contributed by atoms with Gasteiger partial charge in [-0.25, -0.2) is 0 Å². The maximum atomic E-state index is 5.85. The Morgan fingerprint density at radius 2 is 2.18 bits per heavy atom. The molecule has 1 aromatic rings. The van der Waals surface area contributed by atoms with Gasteiger partial charge in [0.15, 0.2) is 0 Å². The fraction of sp³-hybridized carbons (Fsp3) is 0.571. The molecule has 0 aliphatic carbocycles. The molecule has 0 saturated carbocycles. The molecule has 3 heteroatoms. The molecule has 0 radical (unpaired) electrons. The highest BCUT2D eigenvalue weighted by Gasteiger charge is 2.18. The SMILES string of the molecule is CC(C)NC(CN)c1ccc2c(c1)CCN2C. The van der Waals surface area contributed by atoms with Crippen LogP contribution in [-0.4, -0.2) is 26.2 Å². The zero-order chi connectivity index (χ0) is 12.4. The van der Waals surface area contributed by atoms with Gasteiger partial charge in [-0.3, -0.25) is 0 Å². The number of nitrogens with two attached hydrogens (primary N) is 1. The summed E-state index contributed by atoms with van der Waals surface area (Å²) in [6, 6.07) is 7.47. The van der Waals surface area contributed by atoms with E-state index in [1.54, 1.807) is 0 Å². The molecular weight excluding hydrogens is 210 g/mol. The predicted octanol–water partition coefficient (Wildman–Crippen LogP) is 1.68. The molecule has 94 valence electrons. The Kier molecular flexibility index (Phi) is 3.69. The second-order valence-electron chi connectivity index (χ2n) is 5.17. The Balaban J connectivity index is 2.21. The van der Waals surface area contributed by atoms with E-state index in [0.717, 1.165) is 13.0 Å². The summed E-state index contributed by atoms with van der Waals surface area (Å²) < 4.78 is 0. The summed E-state index contributed by atoms with van der Waals surface area (Å²) in [7, 11) is 2.15. The molecule has 1 unspecified atom stereocenters. The van der Waals surface area contributed by atoms with Crippen LogP contribution in [-0.2, 0) is 6.42 Å². The number of likely N-dealkylation sites (N-methyl/N-ethyl adjacent to an activating group) is 1. The van der Waals surface area contributed by atoms with Crippen molar-refractivity contribution >= 4 is 5.69 Å². The molecule has 1 aromatic carbocycles. The van der Waals surface area contributed by atoms with Crippen LogP contribution in [0.15, 0.2) is 18.2 Å². The minimum absolute atomic E-state index is 0.270. The van der Waals surface area contributed by atoms with Gasteiger partial charge in [-0.15, -0.1) is 0 Å². The number of hydrogen-bond acceptors (Lipinski definition) is 3. The first-order valence-electron chi connectivity index (χ1n) is 6.42. The number of benzene rings is 1. The van der Waals surface area contributed by atoms with Crippen LogP contribution < -0.4 is 16.0 Å². The van der Waals surface area contributed by atoms with E-state index in [0.29, 0.717) is 12.6 Å². The van der Waals surface area contributed by atoms with Crippen LogP contribution >= 0.6 is 0 Å². The minimum atomic E-state index is 0.270. The van der Waals surface area contributed by atoms with Crippen molar-refractivity contribution in [2.75, 3.05) is 25.0 Å². The highest BCUT2D eigenvalue weighted by Crippen LogP contribution is 2.29. The third-order valence-corrected chi connectivity index (χ3v) is 3.40. The van der Waals surface area contributed by atoms with Crippen molar-refractivity contribution in [3.8, 4) is 0 Å². The van der Waals surface area contributed by atoms with Crippen molar-refractivity contribution < 1.29 is 0 Å². The maximum absolute atomic E-state index is 5.85. The van der Waals surface area contributed by atoms with Gasteiger partial charge in [-0.05, 0) is 23.6 Å². The molecule has 0 saturated heterocycles. The number of hydrogen-bond donors (Lipinski definition) is 2. The van der Waals surface area contributed by atoms with Crippen LogP contribution in [0.25, 0.3) is 0 Å². The number of rotatable bonds is 4. The largest absolute Gasteiger partial charge is 0.374 e. The van der Waals surface area contributed by atoms with Crippen LogP contribution in [0.3, 0.4) is 0 Å². The van der Waals surface area contributed by atoms with Crippen molar-refractivity contribution in [1.29, 1.82) is 0 Å². The minimum Gasteiger partial charge on any atom is -0.374 e. The van der Waals surface area contributed by atoms with Crippen molar-refractivity contribution in [2.45, 2.75) is 32.4 Å². The van der Waals surface area contributed by atoms with Gasteiger partial charge < -0.3 is 16.0 Å². The highest BCUT2D eigenvalue weighted by molar-refractivity contribution is 5.58. The first kappa shape index (κ1) is 12.4. The molecule has 17 heavy (non-hydrogen) atoms. The standard InChI is InChI=1S/C14H23N3/c1-10(2)16-13(9-15)11-4-5-14-12(8-11)6-7-17(14)3/h4-5,8,10,13,16H,6-7,9,15H2,1-3H3. The Morgan fingerprint density at radius 1 is 1.41 bits per heavy atom. The average molecular weight is 233 g/mol. The normalized spacial score (nSPS) is 16.4. The summed E-state index contributed by atoms with van der Waals surface area (Å²) in [6.45, 7) is 6.09. The Morgan fingerprint density at radius 3 is 2.82 bits per heavy atom. The van der Waals surface area contributed by atoms with E-state index in [1.165, 1.54) is 16.8 Å². The summed E-state index contributed by atoms with van der Waals surface area (Å²) in [6.07, 6.45) is 1.15. The molecule has 1 heterocycles. The fourth-order valence-corrected chi connectivity index (χ4v) is 2.51. The van der Waals surface area contributed by atoms with Crippen LogP contribution in [0.4, 0.5) is 5.69 Å². The quantitative estimate of drug-likeness (QED) is 0.831. The van der Waals surface area contributed by atoms with E-state index >= 15 is 0 Å². The van der Waals surface area contributed by atoms with Gasteiger partial charge in [0, 0.05) is 37.9 Å². The molecule has 3 N–H and O–H groups in total. The van der Waals surface area contributed by atoms with Crippen LogP contribution in [0.2, 0.25) is 0 Å². The Labute approximate surface area is 104 Å². The summed E-state index contributed by atoms with van der Waals surface area (Å²) in [4.78, 5) is 2.31. The molecule has 0 fully saturated rings. The van der Waals surface area contributed by atoms with E-state index < -0.39 is 0 Å². The molecule has 1 aliphatic heterocycles. The first-order valence-corrected chi connectivity index (χ1v) is 6.42. The highest BCUT2D eigenvalue weighted by atomic mass is 15.1. The summed E-state index contributed by atoms with van der Waals surface area (Å²) >= 11 is 0. The topological polar surface area (TPSA) is 41.3 Å². The number of nitrogens with one attached hydrogen (secondary N) is 1. The van der Waals surface area contributed by atoms with E-state index in [1.807, 2.05) is 0 Å². The van der Waals surface area contributed by atoms with Gasteiger partial charge in [0.1, 0.15) is 0 Å². The molecule has 3 nitrogen and oxygen atoms in total. The lowest BCUT2D eigenvalue weighted by Gasteiger charge is -2.21. The summed E-state index contributed by atoms with van der Waals surface area (Å²) in [5.74, 6) is 0. The molecule has 1 aliphatic rings. The van der Waals surface area contributed by atoms with Crippen molar-refractivity contribution in [3.63, 3.8) is 0 Å². The van der Waals surface area contributed by atoms with E-state index in [-0.39, 0.29) is 6.04 Å². The predicted molar refractivity (Wildman–Crippen MR) is 73.5 cm³/mol. The first-order chi connectivity index (χ1) is 8.11. The number of fused-ring (bicyclic) bond motifs is 1. The molecule has 0 spiro atoms. The molecule has 0 aromatic heterocycles. The van der Waals surface area contributed by atoms with Gasteiger partial charge in [-0.2, -0.15) is 0 Å². The summed E-state index contributed by atoms with van der Waals surface area (Å²) in [5, 5.41) is 3.51. The van der Waals surface area contributed by atoms with Crippen LogP contribution in [0, 0.1) is 0 Å². The fourth-order valence-electron chi connectivity index (χ4n) is 2.51. The zero-order valence-electron chi connectivity index (χ0n) is 11.0. The van der Waals surface area contributed by atoms with Crippen LogP contribution in [0.1, 0.15) is 31.0 Å². The van der Waals surface area contributed by atoms with Crippen LogP contribution in [0.5, 0.6) is 0 Å². The molecule has 1 atom stereocenters. The average Bonchev–Trinajstić information content (AvgIpc) is 2.67. The zero-order valence-corrected chi connectivity index (χ0v) is 11.0. The molecule has 0 bridgehead atoms. The molecule has 0 amide bonds. The van der Waals surface area contributed by atoms with Crippen molar-refractivity contribution in [1.82, 2.24) is 5.32 Å². The third kappa shape index (κ3) is 2.61. The van der Waals surface area contributed by atoms with Crippen molar-refractivity contribution in [2.24, 2.45) is 5.73 Å². The maximum Gasteiger partial charge on any atom is 0.0446 e. The second-order valence-corrected chi connectivity index (χ2v) is 5.17. The smallest absolute Gasteiger partial charge is 0.0446 e. The monoisotopic (exact) mass is 233 g/mol. The summed E-state index contributed by atoms with van der Waals surface area (Å²) in [5.41, 5.74) is 9.99. The lowest BCUT2D eigenvalue weighted by atomic mass is 10.0. The molecular formula is C14H23N3. The van der Waals surface area contributed by atoms with E-state index in [2.05, 4.69) is 49.3 Å². The lowest BCUT2D eigenvalue weighted by molar-refractivity contribution is 0.483. The molecule has 2 rings (SSSR count). The Bertz CT molecular complexity index is 387. The van der Waals surface area contributed by atoms with Crippen molar-refractivity contribution in [3.05, 3.63) is 29.3 Å². The van der Waals surface area contributed by atoms with E-state index in [4.69, 9.17) is 5.73 Å². The number of nitrogens with zero attached hydrogens (tertiary/aromatic N) is 1. The van der Waals surface area contributed by atoms with E-state index in [9.17, 15) is 0 Å². The third-order valence-electron chi connectivity index (χ3n) is 3.40. The number of anilines is 1. The van der Waals surface area contributed by atoms with Gasteiger partial charge in [0.2, 0.25) is 0 Å². The van der Waals surface area contributed by atoms with Gasteiger partial charge >= 0.3 is 0 Å².